The average molecular weight is 341 g/mol. The zero-order valence-electron chi connectivity index (χ0n) is 13.0. The van der Waals surface area contributed by atoms with E-state index in [0.717, 1.165) is 51.4 Å². The molecule has 1 amide bonds. The van der Waals surface area contributed by atoms with Crippen molar-refractivity contribution in [2.45, 2.75) is 31.1 Å². The number of hydrogen-bond donors (Lipinski definition) is 1. The van der Waals surface area contributed by atoms with Crippen molar-refractivity contribution in [1.29, 1.82) is 0 Å². The number of carbonyl (C=O) groups is 1. The van der Waals surface area contributed by atoms with Crippen LogP contribution in [0.1, 0.15) is 29.0 Å². The number of nitrogens with one attached hydrogen (secondary N) is 1. The van der Waals surface area contributed by atoms with Crippen LogP contribution in [0, 0.1) is 0 Å². The minimum Gasteiger partial charge on any atom is -0.379 e. The predicted molar refractivity (Wildman–Crippen MR) is 92.7 cm³/mol. The lowest BCUT2D eigenvalue weighted by atomic mass is 10.1. The van der Waals surface area contributed by atoms with Gasteiger partial charge in [-0.3, -0.25) is 9.69 Å². The van der Waals surface area contributed by atoms with E-state index in [4.69, 9.17) is 4.74 Å². The minimum absolute atomic E-state index is 0.0131. The second kappa shape index (κ2) is 7.81. The molecule has 0 aromatic carbocycles. The summed E-state index contributed by atoms with van der Waals surface area (Å²) >= 11 is 3.56. The van der Waals surface area contributed by atoms with E-state index in [-0.39, 0.29) is 17.2 Å². The Hall–Kier alpha value is -0.560. The second-order valence-corrected chi connectivity index (χ2v) is 8.17. The molecule has 2 aliphatic rings. The number of hydrogen-bond acceptors (Lipinski definition) is 5. The fourth-order valence-corrected chi connectivity index (χ4v) is 5.26. The maximum Gasteiger partial charge on any atom is 0.237 e. The Kier molecular flexibility index (Phi) is 5.79. The van der Waals surface area contributed by atoms with Gasteiger partial charge in [0.25, 0.3) is 0 Å². The molecule has 0 bridgehead atoms. The Labute approximate surface area is 140 Å². The van der Waals surface area contributed by atoms with Crippen LogP contribution in [0.2, 0.25) is 0 Å². The van der Waals surface area contributed by atoms with Crippen LogP contribution in [0.4, 0.5) is 0 Å². The molecule has 3 heterocycles. The van der Waals surface area contributed by atoms with Gasteiger partial charge in [-0.2, -0.15) is 0 Å². The summed E-state index contributed by atoms with van der Waals surface area (Å²) in [5.74, 6) is 1.23. The summed E-state index contributed by atoms with van der Waals surface area (Å²) in [6.45, 7) is 6.84. The predicted octanol–water partition coefficient (Wildman–Crippen LogP) is 2.31. The quantitative estimate of drug-likeness (QED) is 0.893. The normalized spacial score (nSPS) is 23.8. The lowest BCUT2D eigenvalue weighted by Crippen LogP contribution is -2.41. The van der Waals surface area contributed by atoms with E-state index in [9.17, 15) is 4.79 Å². The summed E-state index contributed by atoms with van der Waals surface area (Å²) in [5, 5.41) is 5.30. The van der Waals surface area contributed by atoms with Gasteiger partial charge in [-0.15, -0.1) is 23.1 Å². The van der Waals surface area contributed by atoms with Gasteiger partial charge in [0.05, 0.1) is 13.2 Å². The first kappa shape index (κ1) is 16.3. The Balaban J connectivity index is 1.47. The van der Waals surface area contributed by atoms with E-state index in [1.54, 1.807) is 23.1 Å². The molecule has 0 radical (unpaired) electrons. The Morgan fingerprint density at radius 2 is 2.32 bits per heavy atom. The zero-order valence-corrected chi connectivity index (χ0v) is 14.7. The molecule has 22 heavy (non-hydrogen) atoms. The first-order valence-corrected chi connectivity index (χ1v) is 9.95. The number of amides is 1. The van der Waals surface area contributed by atoms with Crippen molar-refractivity contribution < 1.29 is 9.53 Å². The molecule has 1 fully saturated rings. The molecule has 122 valence electrons. The van der Waals surface area contributed by atoms with Crippen molar-refractivity contribution in [2.75, 3.05) is 38.6 Å². The summed E-state index contributed by atoms with van der Waals surface area (Å²) in [6, 6.07) is 2.34. The molecular formula is C16H24N2O2S2. The molecule has 3 rings (SSSR count). The number of ether oxygens (including phenoxy) is 1. The molecule has 2 aliphatic heterocycles. The van der Waals surface area contributed by atoms with Crippen LogP contribution in [0.5, 0.6) is 0 Å². The monoisotopic (exact) mass is 340 g/mol. The second-order valence-electron chi connectivity index (χ2n) is 5.95. The van der Waals surface area contributed by atoms with Gasteiger partial charge < -0.3 is 10.1 Å². The van der Waals surface area contributed by atoms with Crippen molar-refractivity contribution >= 4 is 29.0 Å². The zero-order chi connectivity index (χ0) is 15.4. The van der Waals surface area contributed by atoms with Crippen molar-refractivity contribution in [3.05, 3.63) is 21.9 Å². The van der Waals surface area contributed by atoms with Crippen LogP contribution in [0.25, 0.3) is 0 Å². The topological polar surface area (TPSA) is 41.6 Å². The van der Waals surface area contributed by atoms with Crippen molar-refractivity contribution in [3.8, 4) is 0 Å². The minimum atomic E-state index is -0.0131. The average Bonchev–Trinajstić information content (AvgIpc) is 3.02. The highest BCUT2D eigenvalue weighted by Crippen LogP contribution is 2.39. The van der Waals surface area contributed by atoms with Gasteiger partial charge in [0, 0.05) is 30.6 Å². The fraction of sp³-hybridized carbons (Fsp3) is 0.688. The summed E-state index contributed by atoms with van der Waals surface area (Å²) in [7, 11) is 0. The summed E-state index contributed by atoms with van der Waals surface area (Å²) in [4.78, 5) is 16.4. The molecule has 1 saturated heterocycles. The number of fused-ring (bicyclic) bond motifs is 1. The van der Waals surface area contributed by atoms with Crippen LogP contribution >= 0.6 is 23.1 Å². The van der Waals surface area contributed by atoms with Gasteiger partial charge in [-0.25, -0.2) is 0 Å². The standard InChI is InChI=1S/C16H24N2O2S2/c1-12(2-5-18-6-8-20-9-7-18)17-16(19)15-13-3-10-21-14(13)4-11-22-15/h3,10,12,15H,2,4-9,11H2,1H3,(H,17,19)/t12-,15-/m0/s1. The molecule has 1 aromatic rings. The van der Waals surface area contributed by atoms with Crippen LogP contribution < -0.4 is 5.32 Å². The van der Waals surface area contributed by atoms with Crippen LogP contribution in [-0.2, 0) is 16.0 Å². The fourth-order valence-electron chi connectivity index (χ4n) is 2.96. The molecule has 0 aliphatic carbocycles. The molecule has 0 saturated carbocycles. The number of aryl methyl sites for hydroxylation is 1. The lowest BCUT2D eigenvalue weighted by molar-refractivity contribution is -0.121. The number of thiophene rings is 1. The summed E-state index contributed by atoms with van der Waals surface area (Å²) < 4.78 is 5.36. The third kappa shape index (κ3) is 4.04. The van der Waals surface area contributed by atoms with Crippen LogP contribution in [-0.4, -0.2) is 55.4 Å². The highest BCUT2D eigenvalue weighted by molar-refractivity contribution is 8.00. The molecular weight excluding hydrogens is 316 g/mol. The molecule has 6 heteroatoms. The van der Waals surface area contributed by atoms with Crippen molar-refractivity contribution in [3.63, 3.8) is 0 Å². The molecule has 2 atom stereocenters. The molecule has 4 nitrogen and oxygen atoms in total. The number of nitrogens with zero attached hydrogens (tertiary/aromatic N) is 1. The van der Waals surface area contributed by atoms with Gasteiger partial charge >= 0.3 is 0 Å². The van der Waals surface area contributed by atoms with E-state index in [0.29, 0.717) is 0 Å². The summed E-state index contributed by atoms with van der Waals surface area (Å²) in [6.07, 6.45) is 2.10. The van der Waals surface area contributed by atoms with Gasteiger partial charge in [0.2, 0.25) is 5.91 Å². The van der Waals surface area contributed by atoms with Crippen LogP contribution in [0.15, 0.2) is 11.4 Å². The molecule has 0 spiro atoms. The SMILES string of the molecule is C[C@@H](CCN1CCOCC1)NC(=O)[C@H]1SCCc2sccc21. The highest BCUT2D eigenvalue weighted by atomic mass is 32.2. The smallest absolute Gasteiger partial charge is 0.237 e. The van der Waals surface area contributed by atoms with E-state index in [1.807, 2.05) is 0 Å². The van der Waals surface area contributed by atoms with Gasteiger partial charge in [-0.05, 0) is 42.5 Å². The Morgan fingerprint density at radius 1 is 1.50 bits per heavy atom. The molecule has 1 N–H and O–H groups in total. The maximum atomic E-state index is 12.6. The van der Waals surface area contributed by atoms with E-state index >= 15 is 0 Å². The highest BCUT2D eigenvalue weighted by Gasteiger charge is 2.28. The first-order chi connectivity index (χ1) is 10.7. The van der Waals surface area contributed by atoms with Crippen LogP contribution in [0.3, 0.4) is 0 Å². The lowest BCUT2D eigenvalue weighted by Gasteiger charge is -2.28. The number of morpholine rings is 1. The molecule has 1 aromatic heterocycles. The third-order valence-electron chi connectivity index (χ3n) is 4.28. The van der Waals surface area contributed by atoms with Gasteiger partial charge in [0.1, 0.15) is 5.25 Å². The number of thioether (sulfide) groups is 1. The van der Waals surface area contributed by atoms with E-state index < -0.39 is 0 Å². The maximum absolute atomic E-state index is 12.6. The first-order valence-electron chi connectivity index (χ1n) is 8.02. The van der Waals surface area contributed by atoms with Gasteiger partial charge in [0.15, 0.2) is 0 Å². The largest absolute Gasteiger partial charge is 0.379 e. The molecule has 0 unspecified atom stereocenters. The van der Waals surface area contributed by atoms with Crippen molar-refractivity contribution in [1.82, 2.24) is 10.2 Å². The van der Waals surface area contributed by atoms with E-state index in [2.05, 4.69) is 28.6 Å². The third-order valence-corrected chi connectivity index (χ3v) is 6.52. The number of rotatable bonds is 5. The van der Waals surface area contributed by atoms with E-state index in [1.165, 1.54) is 10.4 Å². The Morgan fingerprint density at radius 3 is 3.14 bits per heavy atom. The van der Waals surface area contributed by atoms with Gasteiger partial charge in [-0.1, -0.05) is 0 Å². The Bertz CT molecular complexity index is 500. The number of carbonyl (C=O) groups excluding carboxylic acids is 1. The van der Waals surface area contributed by atoms with Crippen molar-refractivity contribution in [2.24, 2.45) is 0 Å². The summed E-state index contributed by atoms with van der Waals surface area (Å²) in [5.41, 5.74) is 1.24.